The molecule has 5 aromatic rings. The van der Waals surface area contributed by atoms with Gasteiger partial charge < -0.3 is 4.90 Å². The highest BCUT2D eigenvalue weighted by molar-refractivity contribution is 9.10. The van der Waals surface area contributed by atoms with E-state index in [9.17, 15) is 9.59 Å². The van der Waals surface area contributed by atoms with Gasteiger partial charge in [-0.25, -0.2) is 4.98 Å². The minimum absolute atomic E-state index is 0.119. The van der Waals surface area contributed by atoms with E-state index < -0.39 is 6.04 Å². The summed E-state index contributed by atoms with van der Waals surface area (Å²) in [7, 11) is 0. The van der Waals surface area contributed by atoms with Crippen LogP contribution in [0, 0.1) is 6.92 Å². The SMILES string of the molecule is CCC(c1nc2ccccc2c(=O)n1-c1ccc(C)cc1)N(Cc1ccccc1)C(=O)c1ccc(Br)cc1. The maximum absolute atomic E-state index is 14.1. The Hall–Kier alpha value is -4.03. The Kier molecular flexibility index (Phi) is 7.52. The van der Waals surface area contributed by atoms with Crippen molar-refractivity contribution in [1.82, 2.24) is 14.5 Å². The highest BCUT2D eigenvalue weighted by Gasteiger charge is 2.30. The average Bonchev–Trinajstić information content (AvgIpc) is 2.94. The zero-order valence-electron chi connectivity index (χ0n) is 21.3. The molecule has 0 radical (unpaired) electrons. The van der Waals surface area contributed by atoms with Crippen molar-refractivity contribution in [3.63, 3.8) is 0 Å². The summed E-state index contributed by atoms with van der Waals surface area (Å²) >= 11 is 3.46. The molecule has 4 aromatic carbocycles. The number of nitrogens with zero attached hydrogens (tertiary/aromatic N) is 3. The normalized spacial score (nSPS) is 11.9. The summed E-state index contributed by atoms with van der Waals surface area (Å²) in [5.74, 6) is 0.424. The highest BCUT2D eigenvalue weighted by atomic mass is 79.9. The first-order valence-corrected chi connectivity index (χ1v) is 13.4. The number of fused-ring (bicyclic) bond motifs is 1. The van der Waals surface area contributed by atoms with E-state index in [1.807, 2.05) is 116 Å². The molecular weight excluding hydrogens is 538 g/mol. The van der Waals surface area contributed by atoms with E-state index in [0.29, 0.717) is 35.3 Å². The van der Waals surface area contributed by atoms with Crippen molar-refractivity contribution in [3.05, 3.63) is 140 Å². The molecule has 0 aliphatic heterocycles. The van der Waals surface area contributed by atoms with E-state index in [1.165, 1.54) is 0 Å². The first-order valence-electron chi connectivity index (χ1n) is 12.7. The summed E-state index contributed by atoms with van der Waals surface area (Å²) in [5, 5.41) is 0.542. The Morgan fingerprint density at radius 2 is 1.55 bits per heavy atom. The summed E-state index contributed by atoms with van der Waals surface area (Å²) in [6.07, 6.45) is 0.575. The summed E-state index contributed by atoms with van der Waals surface area (Å²) in [4.78, 5) is 34.9. The van der Waals surface area contributed by atoms with Crippen LogP contribution in [-0.4, -0.2) is 20.4 Å². The minimum Gasteiger partial charge on any atom is -0.324 e. The van der Waals surface area contributed by atoms with Gasteiger partial charge in [-0.05, 0) is 67.4 Å². The van der Waals surface area contributed by atoms with Gasteiger partial charge in [0.05, 0.1) is 22.6 Å². The van der Waals surface area contributed by atoms with Gasteiger partial charge in [0, 0.05) is 16.6 Å². The number of benzene rings is 4. The van der Waals surface area contributed by atoms with Crippen molar-refractivity contribution in [2.24, 2.45) is 0 Å². The molecule has 5 nitrogen and oxygen atoms in total. The number of rotatable bonds is 7. The smallest absolute Gasteiger partial charge is 0.266 e. The molecule has 190 valence electrons. The van der Waals surface area contributed by atoms with Crippen molar-refractivity contribution in [2.75, 3.05) is 0 Å². The van der Waals surface area contributed by atoms with E-state index in [4.69, 9.17) is 4.98 Å². The fourth-order valence-corrected chi connectivity index (χ4v) is 4.99. The molecule has 38 heavy (non-hydrogen) atoms. The lowest BCUT2D eigenvalue weighted by Gasteiger charge is -2.32. The fourth-order valence-electron chi connectivity index (χ4n) is 4.72. The third-order valence-corrected chi connectivity index (χ3v) is 7.23. The number of hydrogen-bond donors (Lipinski definition) is 0. The molecule has 0 saturated heterocycles. The number of hydrogen-bond acceptors (Lipinski definition) is 3. The van der Waals surface area contributed by atoms with Crippen LogP contribution in [0.4, 0.5) is 0 Å². The fraction of sp³-hybridized carbons (Fsp3) is 0.156. The van der Waals surface area contributed by atoms with Crippen molar-refractivity contribution >= 4 is 32.7 Å². The Morgan fingerprint density at radius 3 is 2.24 bits per heavy atom. The third-order valence-electron chi connectivity index (χ3n) is 6.70. The number of para-hydroxylation sites is 1. The lowest BCUT2D eigenvalue weighted by atomic mass is 10.1. The Bertz CT molecular complexity index is 1630. The van der Waals surface area contributed by atoms with E-state index in [-0.39, 0.29) is 11.5 Å². The van der Waals surface area contributed by atoms with Gasteiger partial charge in [0.25, 0.3) is 11.5 Å². The molecule has 1 amide bonds. The number of amides is 1. The predicted molar refractivity (Wildman–Crippen MR) is 156 cm³/mol. The molecule has 6 heteroatoms. The Morgan fingerprint density at radius 1 is 0.895 bits per heavy atom. The molecule has 0 fully saturated rings. The second-order valence-electron chi connectivity index (χ2n) is 9.31. The molecule has 0 N–H and O–H groups in total. The summed E-state index contributed by atoms with van der Waals surface area (Å²) in [6, 6.07) is 32.0. The molecule has 0 saturated carbocycles. The van der Waals surface area contributed by atoms with Gasteiger partial charge in [-0.1, -0.05) is 83.0 Å². The van der Waals surface area contributed by atoms with Crippen molar-refractivity contribution in [2.45, 2.75) is 32.9 Å². The average molecular weight is 566 g/mol. The number of aromatic nitrogens is 2. The Labute approximate surface area is 230 Å². The zero-order valence-corrected chi connectivity index (χ0v) is 22.9. The number of halogens is 1. The molecule has 0 bridgehead atoms. The van der Waals surface area contributed by atoms with E-state index in [1.54, 1.807) is 10.6 Å². The monoisotopic (exact) mass is 565 g/mol. The summed E-state index contributed by atoms with van der Waals surface area (Å²) < 4.78 is 2.57. The topological polar surface area (TPSA) is 55.2 Å². The van der Waals surface area contributed by atoms with Gasteiger partial charge in [0.15, 0.2) is 0 Å². The molecule has 1 heterocycles. The van der Waals surface area contributed by atoms with Crippen LogP contribution in [0.15, 0.2) is 112 Å². The van der Waals surface area contributed by atoms with Crippen molar-refractivity contribution < 1.29 is 4.79 Å². The van der Waals surface area contributed by atoms with Crippen LogP contribution in [0.2, 0.25) is 0 Å². The molecule has 1 aromatic heterocycles. The predicted octanol–water partition coefficient (Wildman–Crippen LogP) is 7.25. The van der Waals surface area contributed by atoms with Crippen LogP contribution < -0.4 is 5.56 Å². The van der Waals surface area contributed by atoms with Gasteiger partial charge in [0.1, 0.15) is 5.82 Å². The minimum atomic E-state index is -0.454. The van der Waals surface area contributed by atoms with Gasteiger partial charge >= 0.3 is 0 Å². The lowest BCUT2D eigenvalue weighted by Crippen LogP contribution is -2.38. The molecule has 0 aliphatic carbocycles. The van der Waals surface area contributed by atoms with Gasteiger partial charge in [-0.2, -0.15) is 0 Å². The quantitative estimate of drug-likeness (QED) is 0.209. The molecular formula is C32H28BrN3O2. The lowest BCUT2D eigenvalue weighted by molar-refractivity contribution is 0.0640. The highest BCUT2D eigenvalue weighted by Crippen LogP contribution is 2.29. The van der Waals surface area contributed by atoms with E-state index in [0.717, 1.165) is 21.3 Å². The molecule has 5 rings (SSSR count). The molecule has 0 aliphatic rings. The van der Waals surface area contributed by atoms with Gasteiger partial charge in [-0.3, -0.25) is 14.2 Å². The standard InChI is InChI=1S/C32H28BrN3O2/c1-3-29(35(21-23-9-5-4-6-10-23)31(37)24-15-17-25(33)18-16-24)30-34-28-12-8-7-11-27(28)32(38)36(30)26-19-13-22(2)14-20-26/h4-20,29H,3,21H2,1-2H3. The second-order valence-corrected chi connectivity index (χ2v) is 10.2. The molecule has 0 spiro atoms. The van der Waals surface area contributed by atoms with Crippen LogP contribution in [0.5, 0.6) is 0 Å². The molecule has 1 atom stereocenters. The first kappa shape index (κ1) is 25.6. The number of carbonyl (C=O) groups is 1. The molecule has 1 unspecified atom stereocenters. The zero-order chi connectivity index (χ0) is 26.6. The van der Waals surface area contributed by atoms with Crippen LogP contribution in [0.25, 0.3) is 16.6 Å². The third kappa shape index (κ3) is 5.18. The van der Waals surface area contributed by atoms with Crippen LogP contribution >= 0.6 is 15.9 Å². The van der Waals surface area contributed by atoms with Gasteiger partial charge in [0.2, 0.25) is 0 Å². The van der Waals surface area contributed by atoms with Crippen molar-refractivity contribution in [3.8, 4) is 5.69 Å². The van der Waals surface area contributed by atoms with Crippen LogP contribution in [-0.2, 0) is 6.54 Å². The maximum Gasteiger partial charge on any atom is 0.266 e. The summed E-state index contributed by atoms with van der Waals surface area (Å²) in [5.41, 5.74) is 3.87. The number of carbonyl (C=O) groups excluding carboxylic acids is 1. The van der Waals surface area contributed by atoms with E-state index in [2.05, 4.69) is 15.9 Å². The van der Waals surface area contributed by atoms with E-state index >= 15 is 0 Å². The first-order chi connectivity index (χ1) is 18.5. The Balaban J connectivity index is 1.73. The largest absolute Gasteiger partial charge is 0.324 e. The van der Waals surface area contributed by atoms with Crippen LogP contribution in [0.3, 0.4) is 0 Å². The second kappa shape index (κ2) is 11.2. The van der Waals surface area contributed by atoms with Gasteiger partial charge in [-0.15, -0.1) is 0 Å². The maximum atomic E-state index is 14.1. The number of aryl methyl sites for hydroxylation is 1. The van der Waals surface area contributed by atoms with Crippen LogP contribution in [0.1, 0.15) is 46.7 Å². The summed E-state index contributed by atoms with van der Waals surface area (Å²) in [6.45, 7) is 4.42. The van der Waals surface area contributed by atoms with Crippen molar-refractivity contribution in [1.29, 1.82) is 0 Å².